The van der Waals surface area contributed by atoms with Crippen LogP contribution < -0.4 is 32.1 Å². The van der Waals surface area contributed by atoms with Crippen molar-refractivity contribution in [1.29, 1.82) is 0 Å². The molecule has 0 aromatic heterocycles. The molecule has 0 rings (SSSR count). The standard InChI is InChI=1S/C17H35N6O4P.C3H8/c1-10(2)15(25)12(6-5-7-19-17(18)27)23-14(24)9-20-16(26)13(8-21-28)22-11(3)4;1-3-2/h10-13,21-22H,5-9,28H2,1-4H3,(H,20,26)(H,23,24)(H3,18,19,27);3H2,1-2H3. The van der Waals surface area contributed by atoms with E-state index in [0.29, 0.717) is 25.9 Å². The van der Waals surface area contributed by atoms with Crippen LogP contribution in [0.3, 0.4) is 0 Å². The Bertz CT molecular complexity index is 546. The summed E-state index contributed by atoms with van der Waals surface area (Å²) in [6, 6.07) is -1.70. The number of amides is 4. The SMILES string of the molecule is CC(C)NC(CNP)C(=O)NCC(=O)NC(CCCNC(N)=O)C(=O)C(C)C.CCC. The lowest BCUT2D eigenvalue weighted by molar-refractivity contribution is -0.130. The van der Waals surface area contributed by atoms with E-state index in [1.807, 2.05) is 13.8 Å². The molecule has 182 valence electrons. The summed E-state index contributed by atoms with van der Waals surface area (Å²) < 4.78 is 0. The van der Waals surface area contributed by atoms with Crippen LogP contribution in [-0.4, -0.2) is 61.4 Å². The van der Waals surface area contributed by atoms with Crippen LogP contribution >= 0.6 is 9.39 Å². The third-order valence-corrected chi connectivity index (χ3v) is 4.05. The van der Waals surface area contributed by atoms with Crippen molar-refractivity contribution in [1.82, 2.24) is 26.4 Å². The molecule has 0 spiro atoms. The van der Waals surface area contributed by atoms with Gasteiger partial charge in [-0.25, -0.2) is 4.79 Å². The van der Waals surface area contributed by atoms with Gasteiger partial charge in [0.25, 0.3) is 0 Å². The summed E-state index contributed by atoms with van der Waals surface area (Å²) in [5.41, 5.74) is 5.00. The van der Waals surface area contributed by atoms with Crippen molar-refractivity contribution in [2.45, 2.75) is 78.9 Å². The van der Waals surface area contributed by atoms with Gasteiger partial charge in [-0.05, 0) is 12.8 Å². The quantitative estimate of drug-likeness (QED) is 0.162. The molecule has 10 nitrogen and oxygen atoms in total. The summed E-state index contributed by atoms with van der Waals surface area (Å²) >= 11 is 0. The number of Topliss-reactive ketones (excluding diaryl/α,β-unsaturated/α-hetero) is 1. The van der Waals surface area contributed by atoms with E-state index in [2.05, 4.69) is 49.6 Å². The van der Waals surface area contributed by atoms with E-state index in [-0.39, 0.29) is 30.2 Å². The molecule has 3 unspecified atom stereocenters. The fourth-order valence-electron chi connectivity index (χ4n) is 2.49. The third kappa shape index (κ3) is 17.6. The van der Waals surface area contributed by atoms with Gasteiger partial charge in [0, 0.05) is 25.0 Å². The predicted octanol–water partition coefficient (Wildman–Crippen LogP) is 0.424. The van der Waals surface area contributed by atoms with Crippen LogP contribution in [0.2, 0.25) is 0 Å². The number of primary amides is 1. The fourth-order valence-corrected chi connectivity index (χ4v) is 2.72. The number of urea groups is 1. The number of hydrogen-bond donors (Lipinski definition) is 6. The average Bonchev–Trinajstić information content (AvgIpc) is 2.67. The number of hydrogen-bond acceptors (Lipinski definition) is 6. The lowest BCUT2D eigenvalue weighted by Crippen LogP contribution is -2.53. The Morgan fingerprint density at radius 3 is 2.00 bits per heavy atom. The highest BCUT2D eigenvalue weighted by molar-refractivity contribution is 7.13. The molecule has 7 N–H and O–H groups in total. The summed E-state index contributed by atoms with van der Waals surface area (Å²) in [7, 11) is 2.33. The van der Waals surface area contributed by atoms with Gasteiger partial charge in [-0.15, -0.1) is 0 Å². The van der Waals surface area contributed by atoms with Gasteiger partial charge in [0.15, 0.2) is 5.78 Å². The maximum absolute atomic E-state index is 12.3. The van der Waals surface area contributed by atoms with E-state index < -0.39 is 24.0 Å². The molecule has 0 aliphatic carbocycles. The van der Waals surface area contributed by atoms with Gasteiger partial charge in [-0.3, -0.25) is 19.5 Å². The number of carbonyl (C=O) groups is 4. The van der Waals surface area contributed by atoms with Crippen molar-refractivity contribution in [3.63, 3.8) is 0 Å². The Morgan fingerprint density at radius 1 is 0.968 bits per heavy atom. The van der Waals surface area contributed by atoms with Crippen LogP contribution in [-0.2, 0) is 14.4 Å². The van der Waals surface area contributed by atoms with E-state index in [0.717, 1.165) is 0 Å². The second-order valence-electron chi connectivity index (χ2n) is 7.82. The predicted molar refractivity (Wildman–Crippen MR) is 127 cm³/mol. The van der Waals surface area contributed by atoms with E-state index in [4.69, 9.17) is 5.73 Å². The highest BCUT2D eigenvalue weighted by Gasteiger charge is 2.24. The molecule has 0 saturated carbocycles. The Labute approximate surface area is 189 Å². The van der Waals surface area contributed by atoms with Crippen molar-refractivity contribution >= 4 is 33.0 Å². The Kier molecular flexibility index (Phi) is 19.2. The van der Waals surface area contributed by atoms with E-state index in [1.165, 1.54) is 6.42 Å². The summed E-state index contributed by atoms with van der Waals surface area (Å²) in [6.45, 7) is 12.1. The Morgan fingerprint density at radius 2 is 1.55 bits per heavy atom. The molecule has 4 amide bonds. The van der Waals surface area contributed by atoms with Gasteiger partial charge in [0.1, 0.15) is 0 Å². The molecule has 11 heteroatoms. The molecule has 0 fully saturated rings. The summed E-state index contributed by atoms with van der Waals surface area (Å²) in [5.74, 6) is -1.12. The zero-order valence-corrected chi connectivity index (χ0v) is 21.0. The zero-order chi connectivity index (χ0) is 24.4. The third-order valence-electron chi connectivity index (χ3n) is 3.81. The molecule has 0 aliphatic rings. The molecule has 3 atom stereocenters. The minimum absolute atomic E-state index is 0.102. The van der Waals surface area contributed by atoms with E-state index in [1.54, 1.807) is 13.8 Å². The van der Waals surface area contributed by atoms with Gasteiger partial charge in [-0.2, -0.15) is 0 Å². The number of rotatable bonds is 14. The van der Waals surface area contributed by atoms with Crippen molar-refractivity contribution < 1.29 is 19.2 Å². The average molecular weight is 463 g/mol. The molecular weight excluding hydrogens is 419 g/mol. The summed E-state index contributed by atoms with van der Waals surface area (Å²) in [5, 5.41) is 13.6. The molecule has 0 bridgehead atoms. The Hall–Kier alpha value is -1.77. The number of nitrogens with one attached hydrogen (secondary N) is 5. The second-order valence-corrected chi connectivity index (χ2v) is 8.23. The van der Waals surface area contributed by atoms with Crippen molar-refractivity contribution in [3.8, 4) is 0 Å². The molecular formula is C20H43N6O4P. The topological polar surface area (TPSA) is 154 Å². The largest absolute Gasteiger partial charge is 0.352 e. The van der Waals surface area contributed by atoms with Crippen molar-refractivity contribution in [2.24, 2.45) is 11.7 Å². The van der Waals surface area contributed by atoms with Crippen LogP contribution in [0.15, 0.2) is 0 Å². The van der Waals surface area contributed by atoms with Gasteiger partial charge in [0.2, 0.25) is 11.8 Å². The molecule has 0 saturated heterocycles. The smallest absolute Gasteiger partial charge is 0.312 e. The van der Waals surface area contributed by atoms with Crippen LogP contribution in [0.4, 0.5) is 4.79 Å². The highest BCUT2D eigenvalue weighted by atomic mass is 31.0. The lowest BCUT2D eigenvalue weighted by Gasteiger charge is -2.22. The van der Waals surface area contributed by atoms with Gasteiger partial charge >= 0.3 is 6.03 Å². The number of carbonyl (C=O) groups excluding carboxylic acids is 4. The van der Waals surface area contributed by atoms with Crippen LogP contribution in [0, 0.1) is 5.92 Å². The highest BCUT2D eigenvalue weighted by Crippen LogP contribution is 2.06. The van der Waals surface area contributed by atoms with Crippen molar-refractivity contribution in [2.75, 3.05) is 19.6 Å². The first-order valence-corrected chi connectivity index (χ1v) is 11.4. The molecule has 0 heterocycles. The first-order chi connectivity index (χ1) is 14.5. The van der Waals surface area contributed by atoms with Crippen molar-refractivity contribution in [3.05, 3.63) is 0 Å². The molecule has 31 heavy (non-hydrogen) atoms. The fraction of sp³-hybridized carbons (Fsp3) is 0.800. The van der Waals surface area contributed by atoms with E-state index in [9.17, 15) is 19.2 Å². The molecule has 0 aromatic rings. The molecule has 0 radical (unpaired) electrons. The van der Waals surface area contributed by atoms with Crippen LogP contribution in [0.1, 0.15) is 60.8 Å². The first-order valence-electron chi connectivity index (χ1n) is 10.8. The van der Waals surface area contributed by atoms with Crippen LogP contribution in [0.5, 0.6) is 0 Å². The zero-order valence-electron chi connectivity index (χ0n) is 19.8. The minimum Gasteiger partial charge on any atom is -0.352 e. The Balaban J connectivity index is 0. The maximum Gasteiger partial charge on any atom is 0.312 e. The number of ketones is 1. The number of nitrogens with two attached hydrogens (primary N) is 1. The normalized spacial score (nSPS) is 12.4. The maximum atomic E-state index is 12.3. The van der Waals surface area contributed by atoms with Gasteiger partial charge in [-0.1, -0.05) is 57.4 Å². The van der Waals surface area contributed by atoms with Gasteiger partial charge < -0.3 is 27.0 Å². The second kappa shape index (κ2) is 19.0. The van der Waals surface area contributed by atoms with Crippen LogP contribution in [0.25, 0.3) is 0 Å². The monoisotopic (exact) mass is 462 g/mol. The van der Waals surface area contributed by atoms with E-state index >= 15 is 0 Å². The van der Waals surface area contributed by atoms with Gasteiger partial charge in [0.05, 0.1) is 18.6 Å². The summed E-state index contributed by atoms with van der Waals surface area (Å²) in [6.07, 6.45) is 2.10. The first kappa shape index (κ1) is 31.4. The molecule has 0 aliphatic heterocycles. The lowest BCUT2D eigenvalue weighted by atomic mass is 9.98. The molecule has 0 aromatic carbocycles. The summed E-state index contributed by atoms with van der Waals surface area (Å²) in [4.78, 5) is 47.5. The minimum atomic E-state index is -0.683.